The van der Waals surface area contributed by atoms with Crippen molar-refractivity contribution in [3.8, 4) is 0 Å². The Bertz CT molecular complexity index is 1020. The second-order valence-corrected chi connectivity index (χ2v) is 8.53. The molecule has 2 fully saturated rings. The van der Waals surface area contributed by atoms with Crippen LogP contribution in [0.5, 0.6) is 0 Å². The van der Waals surface area contributed by atoms with Gasteiger partial charge in [-0.3, -0.25) is 9.88 Å². The molecule has 4 rings (SSSR count). The lowest BCUT2D eigenvalue weighted by molar-refractivity contribution is -0.193. The first-order valence-corrected chi connectivity index (χ1v) is 11.1. The summed E-state index contributed by atoms with van der Waals surface area (Å²) in [6, 6.07) is 9.99. The van der Waals surface area contributed by atoms with E-state index in [1.165, 1.54) is 0 Å². The van der Waals surface area contributed by atoms with Gasteiger partial charge in [-0.2, -0.15) is 26.3 Å². The summed E-state index contributed by atoms with van der Waals surface area (Å²) >= 11 is 0. The van der Waals surface area contributed by atoms with Gasteiger partial charge in [-0.05, 0) is 37.6 Å². The molecule has 0 bridgehead atoms. The first-order valence-electron chi connectivity index (χ1n) is 11.1. The van der Waals surface area contributed by atoms with Gasteiger partial charge < -0.3 is 24.1 Å². The first kappa shape index (κ1) is 31.1. The molecule has 38 heavy (non-hydrogen) atoms. The number of ether oxygens (including phenoxy) is 2. The molecule has 0 unspecified atom stereocenters. The minimum absolute atomic E-state index is 0.0452. The van der Waals surface area contributed by atoms with E-state index >= 15 is 0 Å². The summed E-state index contributed by atoms with van der Waals surface area (Å²) in [6.45, 7) is 6.08. The molecule has 9 nitrogen and oxygen atoms in total. The number of rotatable bonds is 5. The molecule has 2 aromatic heterocycles. The van der Waals surface area contributed by atoms with Crippen molar-refractivity contribution in [2.24, 2.45) is 0 Å². The van der Waals surface area contributed by atoms with Crippen molar-refractivity contribution < 1.29 is 60.0 Å². The zero-order chi connectivity index (χ0) is 28.6. The van der Waals surface area contributed by atoms with Crippen molar-refractivity contribution >= 4 is 11.9 Å². The topological polar surface area (TPSA) is 122 Å². The van der Waals surface area contributed by atoms with Crippen LogP contribution < -0.4 is 0 Å². The van der Waals surface area contributed by atoms with E-state index in [1.54, 1.807) is 6.20 Å². The number of pyridine rings is 1. The number of aryl methyl sites for hydroxylation is 1. The van der Waals surface area contributed by atoms with Gasteiger partial charge in [0.2, 0.25) is 0 Å². The fraction of sp³-hybridized carbons (Fsp3) is 0.522. The Morgan fingerprint density at radius 2 is 1.74 bits per heavy atom. The molecule has 2 aromatic rings. The highest BCUT2D eigenvalue weighted by Gasteiger charge is 2.46. The fourth-order valence-electron chi connectivity index (χ4n) is 3.73. The van der Waals surface area contributed by atoms with E-state index < -0.39 is 24.3 Å². The van der Waals surface area contributed by atoms with Crippen molar-refractivity contribution in [3.05, 3.63) is 53.7 Å². The smallest absolute Gasteiger partial charge is 0.475 e. The number of carboxylic acids is 2. The van der Waals surface area contributed by atoms with Crippen molar-refractivity contribution in [1.82, 2.24) is 9.88 Å². The van der Waals surface area contributed by atoms with E-state index in [0.29, 0.717) is 13.2 Å². The Morgan fingerprint density at radius 3 is 2.24 bits per heavy atom. The van der Waals surface area contributed by atoms with Crippen LogP contribution in [0, 0.1) is 6.92 Å². The number of hydrogen-bond acceptors (Lipinski definition) is 7. The molecule has 2 aliphatic rings. The molecule has 0 aromatic carbocycles. The Hall–Kier alpha value is -3.17. The molecular formula is C23H26F6N2O7. The number of nitrogens with zero attached hydrogens (tertiary/aromatic N) is 2. The third kappa shape index (κ3) is 10.3. The third-order valence-electron chi connectivity index (χ3n) is 5.42. The SMILES string of the molecule is Cc1ccc(CN2CC[C@]3(C[C@@H](OCc4ccccn4)CO3)C2)o1.O=C(O)C(F)(F)F.O=C(O)C(F)(F)F. The van der Waals surface area contributed by atoms with Crippen LogP contribution in [0.15, 0.2) is 40.9 Å². The Balaban J connectivity index is 0.000000301. The average molecular weight is 556 g/mol. The number of furan rings is 1. The van der Waals surface area contributed by atoms with Gasteiger partial charge in [-0.1, -0.05) is 6.07 Å². The number of aliphatic carboxylic acids is 2. The number of aromatic nitrogens is 1. The largest absolute Gasteiger partial charge is 0.490 e. The first-order chi connectivity index (χ1) is 17.6. The number of likely N-dealkylation sites (tertiary alicyclic amines) is 1. The molecular weight excluding hydrogens is 530 g/mol. The maximum Gasteiger partial charge on any atom is 0.490 e. The summed E-state index contributed by atoms with van der Waals surface area (Å²) in [5, 5.41) is 14.2. The van der Waals surface area contributed by atoms with Gasteiger partial charge in [0.1, 0.15) is 11.5 Å². The zero-order valence-electron chi connectivity index (χ0n) is 20.1. The van der Waals surface area contributed by atoms with Crippen LogP contribution in [0.3, 0.4) is 0 Å². The molecule has 212 valence electrons. The Labute approximate surface area is 213 Å². The normalized spacial score (nSPS) is 21.4. The molecule has 1 spiro atoms. The molecule has 0 aliphatic carbocycles. The average Bonchev–Trinajstić information content (AvgIpc) is 3.54. The van der Waals surface area contributed by atoms with Crippen molar-refractivity contribution in [2.45, 2.75) is 57.0 Å². The van der Waals surface area contributed by atoms with Crippen LogP contribution in [0.25, 0.3) is 0 Å². The summed E-state index contributed by atoms with van der Waals surface area (Å²) in [6.07, 6.45) is -6.17. The molecule has 4 heterocycles. The predicted molar refractivity (Wildman–Crippen MR) is 117 cm³/mol. The van der Waals surface area contributed by atoms with Gasteiger partial charge >= 0.3 is 24.3 Å². The lowest BCUT2D eigenvalue weighted by atomic mass is 9.98. The zero-order valence-corrected chi connectivity index (χ0v) is 20.1. The Morgan fingerprint density at radius 1 is 1.11 bits per heavy atom. The standard InChI is InChI=1S/C19H24N2O3.2C2HF3O2/c1-15-5-6-17(24-15)11-21-9-7-19(14-21)10-18(13-23-19)22-12-16-4-2-3-8-20-16;2*3-2(4,5)1(6)7/h2-6,8,18H,7,9-14H2,1H3;2*(H,6,7)/t18-,19+;;/m1../s1. The van der Waals surface area contributed by atoms with Crippen LogP contribution in [0.2, 0.25) is 0 Å². The minimum Gasteiger partial charge on any atom is -0.475 e. The van der Waals surface area contributed by atoms with Gasteiger partial charge in [0.25, 0.3) is 0 Å². The lowest BCUT2D eigenvalue weighted by Crippen LogP contribution is -2.32. The second kappa shape index (κ2) is 13.1. The van der Waals surface area contributed by atoms with Gasteiger partial charge in [0.15, 0.2) is 0 Å². The number of alkyl halides is 6. The van der Waals surface area contributed by atoms with Gasteiger partial charge in [0.05, 0.1) is 37.2 Å². The Kier molecular flexibility index (Phi) is 10.7. The molecule has 15 heteroatoms. The fourth-order valence-corrected chi connectivity index (χ4v) is 3.73. The van der Waals surface area contributed by atoms with Crippen molar-refractivity contribution in [3.63, 3.8) is 0 Å². The lowest BCUT2D eigenvalue weighted by Gasteiger charge is -2.23. The molecule has 2 aliphatic heterocycles. The number of carbonyl (C=O) groups is 2. The maximum atomic E-state index is 10.6. The van der Waals surface area contributed by atoms with Crippen LogP contribution in [-0.2, 0) is 32.2 Å². The third-order valence-corrected chi connectivity index (χ3v) is 5.42. The molecule has 2 N–H and O–H groups in total. The molecule has 2 saturated heterocycles. The van der Waals surface area contributed by atoms with Crippen LogP contribution in [-0.4, -0.2) is 75.8 Å². The highest BCUT2D eigenvalue weighted by molar-refractivity contribution is 5.73. The highest BCUT2D eigenvalue weighted by atomic mass is 19.4. The van der Waals surface area contributed by atoms with E-state index in [0.717, 1.165) is 49.7 Å². The monoisotopic (exact) mass is 556 g/mol. The van der Waals surface area contributed by atoms with Crippen LogP contribution in [0.1, 0.15) is 30.1 Å². The van der Waals surface area contributed by atoms with E-state index in [-0.39, 0.29) is 11.7 Å². The van der Waals surface area contributed by atoms with E-state index in [2.05, 4.69) is 16.0 Å². The van der Waals surface area contributed by atoms with E-state index in [4.69, 9.17) is 33.7 Å². The highest BCUT2D eigenvalue weighted by Crippen LogP contribution is 2.37. The summed E-state index contributed by atoms with van der Waals surface area (Å²) in [5.74, 6) is -3.51. The molecule has 0 radical (unpaired) electrons. The number of carboxylic acid groups (broad SMARTS) is 2. The van der Waals surface area contributed by atoms with E-state index in [9.17, 15) is 26.3 Å². The maximum absolute atomic E-state index is 10.6. The molecule has 0 saturated carbocycles. The van der Waals surface area contributed by atoms with Crippen LogP contribution >= 0.6 is 0 Å². The van der Waals surface area contributed by atoms with Crippen molar-refractivity contribution in [1.29, 1.82) is 0 Å². The van der Waals surface area contributed by atoms with Gasteiger partial charge in [-0.25, -0.2) is 9.59 Å². The predicted octanol–water partition coefficient (Wildman–Crippen LogP) is 4.20. The summed E-state index contributed by atoms with van der Waals surface area (Å²) in [7, 11) is 0. The minimum atomic E-state index is -5.08. The van der Waals surface area contributed by atoms with Crippen LogP contribution in [0.4, 0.5) is 26.3 Å². The second-order valence-electron chi connectivity index (χ2n) is 8.53. The molecule has 0 amide bonds. The van der Waals surface area contributed by atoms with Crippen molar-refractivity contribution in [2.75, 3.05) is 19.7 Å². The number of halogens is 6. The van der Waals surface area contributed by atoms with Gasteiger partial charge in [-0.15, -0.1) is 0 Å². The summed E-state index contributed by atoms with van der Waals surface area (Å²) in [4.78, 5) is 24.5. The summed E-state index contributed by atoms with van der Waals surface area (Å²) in [5.41, 5.74) is 0.927. The summed E-state index contributed by atoms with van der Waals surface area (Å²) < 4.78 is 81.3. The van der Waals surface area contributed by atoms with Gasteiger partial charge in [0, 0.05) is 25.7 Å². The molecule has 2 atom stereocenters. The van der Waals surface area contributed by atoms with E-state index in [1.807, 2.05) is 31.2 Å². The quantitative estimate of drug-likeness (QED) is 0.522. The number of hydrogen-bond donors (Lipinski definition) is 2.